The number of benzene rings is 2. The lowest BCUT2D eigenvalue weighted by Crippen LogP contribution is -2.11. The van der Waals surface area contributed by atoms with Crippen LogP contribution in [0.2, 0.25) is 10.0 Å². The number of allylic oxidation sites excluding steroid dienone is 1. The van der Waals surface area contributed by atoms with E-state index in [9.17, 15) is 10.1 Å². The second-order valence-electron chi connectivity index (χ2n) is 5.93. The quantitative estimate of drug-likeness (QED) is 0.451. The number of nitrogens with one attached hydrogen (secondary N) is 1. The van der Waals surface area contributed by atoms with Gasteiger partial charge in [-0.15, -0.1) is 0 Å². The maximum Gasteiger partial charge on any atom is 0.259 e. The van der Waals surface area contributed by atoms with Crippen LogP contribution in [0.5, 0.6) is 0 Å². The van der Waals surface area contributed by atoms with Crippen molar-refractivity contribution in [1.82, 2.24) is 9.97 Å². The lowest BCUT2D eigenvalue weighted by Gasteiger charge is -2.01. The van der Waals surface area contributed by atoms with Crippen LogP contribution in [-0.2, 0) is 0 Å². The fourth-order valence-corrected chi connectivity index (χ4v) is 3.04. The zero-order valence-corrected chi connectivity index (χ0v) is 15.8. The molecule has 0 spiro atoms. The highest BCUT2D eigenvalue weighted by Crippen LogP contribution is 2.30. The van der Waals surface area contributed by atoms with Crippen molar-refractivity contribution in [3.8, 4) is 17.4 Å². The third kappa shape index (κ3) is 3.44. The van der Waals surface area contributed by atoms with E-state index in [1.165, 1.54) is 6.08 Å². The predicted octanol–water partition coefficient (Wildman–Crippen LogP) is 5.55. The zero-order chi connectivity index (χ0) is 19.7. The molecular weight excluding hydrogens is 397 g/mol. The van der Waals surface area contributed by atoms with E-state index in [4.69, 9.17) is 27.6 Å². The molecule has 0 bridgehead atoms. The summed E-state index contributed by atoms with van der Waals surface area (Å²) in [6.45, 7) is 0. The molecule has 0 radical (unpaired) electrons. The van der Waals surface area contributed by atoms with Crippen molar-refractivity contribution in [3.05, 3.63) is 86.6 Å². The summed E-state index contributed by atoms with van der Waals surface area (Å²) in [5.74, 6) is 1.19. The molecule has 0 atom stereocenters. The summed E-state index contributed by atoms with van der Waals surface area (Å²) in [4.78, 5) is 19.3. The Hall–Kier alpha value is -3.33. The molecule has 0 fully saturated rings. The van der Waals surface area contributed by atoms with Crippen molar-refractivity contribution in [3.63, 3.8) is 0 Å². The predicted molar refractivity (Wildman–Crippen MR) is 110 cm³/mol. The van der Waals surface area contributed by atoms with E-state index in [1.807, 2.05) is 0 Å². The third-order valence-electron chi connectivity index (χ3n) is 4.11. The van der Waals surface area contributed by atoms with Gasteiger partial charge in [-0.3, -0.25) is 4.79 Å². The van der Waals surface area contributed by atoms with Gasteiger partial charge in [-0.25, -0.2) is 4.98 Å². The van der Waals surface area contributed by atoms with Gasteiger partial charge in [-0.1, -0.05) is 35.3 Å². The highest BCUT2D eigenvalue weighted by molar-refractivity contribution is 6.42. The number of rotatable bonds is 3. The summed E-state index contributed by atoms with van der Waals surface area (Å²) in [6, 6.07) is 17.6. The number of halogens is 2. The zero-order valence-electron chi connectivity index (χ0n) is 14.2. The van der Waals surface area contributed by atoms with Gasteiger partial charge in [0.15, 0.2) is 5.82 Å². The minimum absolute atomic E-state index is 0.179. The number of aromatic amines is 1. The largest absolute Gasteiger partial charge is 0.457 e. The van der Waals surface area contributed by atoms with Gasteiger partial charge in [0.25, 0.3) is 5.56 Å². The summed E-state index contributed by atoms with van der Waals surface area (Å²) in [5, 5.41) is 10.9. The summed E-state index contributed by atoms with van der Waals surface area (Å²) in [5.41, 5.74) is 1.14. The number of aromatic nitrogens is 2. The van der Waals surface area contributed by atoms with Crippen LogP contribution in [0, 0.1) is 11.3 Å². The van der Waals surface area contributed by atoms with Crippen molar-refractivity contribution in [2.45, 2.75) is 0 Å². The number of hydrogen-bond acceptors (Lipinski definition) is 4. The number of nitrogens with zero attached hydrogens (tertiary/aromatic N) is 2. The summed E-state index contributed by atoms with van der Waals surface area (Å²) < 4.78 is 5.79. The minimum Gasteiger partial charge on any atom is -0.457 e. The molecule has 5 nitrogen and oxygen atoms in total. The number of nitriles is 1. The number of fused-ring (bicyclic) bond motifs is 1. The third-order valence-corrected chi connectivity index (χ3v) is 4.84. The first kappa shape index (κ1) is 18.1. The monoisotopic (exact) mass is 407 g/mol. The number of para-hydroxylation sites is 1. The molecule has 0 saturated heterocycles. The first-order chi connectivity index (χ1) is 13.5. The average molecular weight is 408 g/mol. The van der Waals surface area contributed by atoms with Crippen molar-refractivity contribution in [2.24, 2.45) is 0 Å². The number of H-pyrrole nitrogens is 1. The fraction of sp³-hybridized carbons (Fsp3) is 0. The fourth-order valence-electron chi connectivity index (χ4n) is 2.74. The van der Waals surface area contributed by atoms with Crippen LogP contribution in [0.1, 0.15) is 11.6 Å². The van der Waals surface area contributed by atoms with Gasteiger partial charge in [0.2, 0.25) is 0 Å². The van der Waals surface area contributed by atoms with E-state index in [-0.39, 0.29) is 17.0 Å². The molecule has 7 heteroatoms. The molecule has 0 aliphatic carbocycles. The summed E-state index contributed by atoms with van der Waals surface area (Å²) >= 11 is 12.0. The van der Waals surface area contributed by atoms with Crippen molar-refractivity contribution < 1.29 is 4.42 Å². The van der Waals surface area contributed by atoms with E-state index in [2.05, 4.69) is 16.0 Å². The first-order valence-corrected chi connectivity index (χ1v) is 8.97. The lowest BCUT2D eigenvalue weighted by molar-refractivity contribution is 0.572. The first-order valence-electron chi connectivity index (χ1n) is 8.21. The topological polar surface area (TPSA) is 82.7 Å². The molecule has 0 amide bonds. The van der Waals surface area contributed by atoms with E-state index < -0.39 is 0 Å². The highest BCUT2D eigenvalue weighted by atomic mass is 35.5. The highest BCUT2D eigenvalue weighted by Gasteiger charge is 2.11. The van der Waals surface area contributed by atoms with Gasteiger partial charge < -0.3 is 9.40 Å². The normalized spacial score (nSPS) is 11.5. The summed E-state index contributed by atoms with van der Waals surface area (Å²) in [6.07, 6.45) is 1.52. The molecule has 0 saturated carbocycles. The van der Waals surface area contributed by atoms with E-state index in [1.54, 1.807) is 54.6 Å². The molecule has 0 unspecified atom stereocenters. The Kier molecular flexibility index (Phi) is 4.74. The van der Waals surface area contributed by atoms with Gasteiger partial charge >= 0.3 is 0 Å². The summed E-state index contributed by atoms with van der Waals surface area (Å²) in [7, 11) is 0. The van der Waals surface area contributed by atoms with Gasteiger partial charge in [-0.2, -0.15) is 5.26 Å². The van der Waals surface area contributed by atoms with Crippen molar-refractivity contribution in [1.29, 1.82) is 5.26 Å². The van der Waals surface area contributed by atoms with Crippen LogP contribution in [0.4, 0.5) is 0 Å². The van der Waals surface area contributed by atoms with E-state index in [0.29, 0.717) is 32.5 Å². The van der Waals surface area contributed by atoms with Crippen molar-refractivity contribution >= 4 is 45.8 Å². The van der Waals surface area contributed by atoms with E-state index >= 15 is 0 Å². The van der Waals surface area contributed by atoms with Gasteiger partial charge in [0.1, 0.15) is 17.6 Å². The van der Waals surface area contributed by atoms with Crippen LogP contribution in [0.15, 0.2) is 63.8 Å². The SMILES string of the molecule is N#CC(=Cc1ccc(-c2ccc(Cl)c(Cl)c2)o1)c1nc2ccccc2c(=O)[nH]1. The second-order valence-corrected chi connectivity index (χ2v) is 6.75. The van der Waals surface area contributed by atoms with Crippen molar-refractivity contribution in [2.75, 3.05) is 0 Å². The molecule has 4 rings (SSSR count). The molecule has 4 aromatic rings. The maximum atomic E-state index is 12.2. The smallest absolute Gasteiger partial charge is 0.259 e. The molecule has 136 valence electrons. The Morgan fingerprint density at radius 1 is 1.11 bits per heavy atom. The Labute approximate surface area is 169 Å². The Morgan fingerprint density at radius 2 is 1.93 bits per heavy atom. The van der Waals surface area contributed by atoms with Crippen LogP contribution < -0.4 is 5.56 Å². The molecular formula is C21H11Cl2N3O2. The Morgan fingerprint density at radius 3 is 2.71 bits per heavy atom. The maximum absolute atomic E-state index is 12.2. The number of hydrogen-bond donors (Lipinski definition) is 1. The molecule has 1 N–H and O–H groups in total. The molecule has 0 aliphatic rings. The average Bonchev–Trinajstić information content (AvgIpc) is 3.17. The van der Waals surface area contributed by atoms with Gasteiger partial charge in [-0.05, 0) is 42.5 Å². The Balaban J connectivity index is 1.73. The molecule has 2 heterocycles. The molecule has 2 aromatic carbocycles. The van der Waals surface area contributed by atoms with Gasteiger partial charge in [0, 0.05) is 11.6 Å². The van der Waals surface area contributed by atoms with Crippen LogP contribution in [0.25, 0.3) is 33.9 Å². The molecule has 0 aliphatic heterocycles. The minimum atomic E-state index is -0.308. The van der Waals surface area contributed by atoms with Crippen LogP contribution in [-0.4, -0.2) is 9.97 Å². The van der Waals surface area contributed by atoms with E-state index in [0.717, 1.165) is 5.56 Å². The standard InChI is InChI=1S/C21H11Cl2N3O2/c22-16-7-5-12(10-17(16)23)19-8-6-14(28-19)9-13(11-24)20-25-18-4-2-1-3-15(18)21(27)26-20/h1-10H,(H,25,26,27). The number of furan rings is 1. The lowest BCUT2D eigenvalue weighted by atomic mass is 10.2. The second kappa shape index (κ2) is 7.35. The molecule has 28 heavy (non-hydrogen) atoms. The van der Waals surface area contributed by atoms with Crippen LogP contribution in [0.3, 0.4) is 0 Å². The van der Waals surface area contributed by atoms with Crippen LogP contribution >= 0.6 is 23.2 Å². The molecule has 2 aromatic heterocycles. The van der Waals surface area contributed by atoms with Gasteiger partial charge in [0.05, 0.1) is 26.5 Å². The Bertz CT molecular complexity index is 1330.